The van der Waals surface area contributed by atoms with Crippen LogP contribution in [0.3, 0.4) is 0 Å². The monoisotopic (exact) mass is 222 g/mol. The summed E-state index contributed by atoms with van der Waals surface area (Å²) in [6.07, 6.45) is 0.0730. The maximum absolute atomic E-state index is 11.5. The van der Waals surface area contributed by atoms with Crippen LogP contribution in [-0.4, -0.2) is 50.3 Å². The molecule has 2 N–H and O–H groups in total. The van der Waals surface area contributed by atoms with Gasteiger partial charge in [-0.15, -0.1) is 0 Å². The molecule has 1 aliphatic rings. The van der Waals surface area contributed by atoms with Gasteiger partial charge in [0.1, 0.15) is 0 Å². The van der Waals surface area contributed by atoms with Crippen molar-refractivity contribution in [2.45, 2.75) is 26.0 Å². The molecule has 1 saturated heterocycles. The number of nitrogens with zero attached hydrogens (tertiary/aromatic N) is 1. The van der Waals surface area contributed by atoms with Crippen molar-refractivity contribution in [3.63, 3.8) is 0 Å². The van der Waals surface area contributed by atoms with Gasteiger partial charge in [-0.25, -0.2) is 8.42 Å². The number of hydrogen-bond donors (Lipinski definition) is 1. The molecule has 1 aliphatic heterocycles. The summed E-state index contributed by atoms with van der Waals surface area (Å²) in [5.41, 5.74) is 5.51. The Labute approximate surface area is 85.3 Å². The molecule has 0 radical (unpaired) electrons. The number of sulfonamides is 1. The Bertz CT molecular complexity index is 270. The molecule has 1 heterocycles. The summed E-state index contributed by atoms with van der Waals surface area (Å²) in [5.74, 6) is 0.0535. The molecule has 0 amide bonds. The van der Waals surface area contributed by atoms with E-state index in [1.165, 1.54) is 4.31 Å². The van der Waals surface area contributed by atoms with Crippen molar-refractivity contribution in [1.29, 1.82) is 0 Å². The molecule has 0 aromatic heterocycles. The largest absolute Gasteiger partial charge is 0.378 e. The molecular formula is C8H18N2O3S. The zero-order valence-electron chi connectivity index (χ0n) is 8.64. The third-order valence-electron chi connectivity index (χ3n) is 2.06. The van der Waals surface area contributed by atoms with Gasteiger partial charge in [-0.1, -0.05) is 0 Å². The van der Waals surface area contributed by atoms with Crippen molar-refractivity contribution in [3.05, 3.63) is 0 Å². The summed E-state index contributed by atoms with van der Waals surface area (Å²) in [6.45, 7) is 4.91. The van der Waals surface area contributed by atoms with E-state index in [2.05, 4.69) is 0 Å². The lowest BCUT2D eigenvalue weighted by atomic mass is 10.2. The van der Waals surface area contributed by atoms with E-state index in [1.54, 1.807) is 0 Å². The molecule has 1 rings (SSSR count). The van der Waals surface area contributed by atoms with E-state index in [-0.39, 0.29) is 24.5 Å². The second-order valence-electron chi connectivity index (χ2n) is 3.81. The molecule has 0 saturated carbocycles. The van der Waals surface area contributed by atoms with Gasteiger partial charge in [-0.3, -0.25) is 0 Å². The first-order valence-electron chi connectivity index (χ1n) is 4.77. The number of rotatable bonds is 5. The van der Waals surface area contributed by atoms with Crippen LogP contribution in [0, 0.1) is 0 Å². The average molecular weight is 222 g/mol. The average Bonchev–Trinajstić information content (AvgIpc) is 1.97. The minimum Gasteiger partial charge on any atom is -0.378 e. The topological polar surface area (TPSA) is 72.6 Å². The summed E-state index contributed by atoms with van der Waals surface area (Å²) in [4.78, 5) is 0. The van der Waals surface area contributed by atoms with Crippen LogP contribution in [0.2, 0.25) is 0 Å². The van der Waals surface area contributed by atoms with Crippen LogP contribution in [-0.2, 0) is 14.8 Å². The van der Waals surface area contributed by atoms with Crippen molar-refractivity contribution in [2.24, 2.45) is 5.73 Å². The zero-order valence-corrected chi connectivity index (χ0v) is 9.46. The molecule has 0 bridgehead atoms. The molecule has 84 valence electrons. The Morgan fingerprint density at radius 2 is 2.07 bits per heavy atom. The van der Waals surface area contributed by atoms with Crippen LogP contribution >= 0.6 is 0 Å². The molecule has 14 heavy (non-hydrogen) atoms. The lowest BCUT2D eigenvalue weighted by Gasteiger charge is -2.35. The Balaban J connectivity index is 2.28. The summed E-state index contributed by atoms with van der Waals surface area (Å²) in [7, 11) is -3.12. The standard InChI is InChI=1S/C8H18N2O3S/c1-7(2)13-3-4-14(11,12)10-5-8(9)6-10/h7-8H,3-6,9H2,1-2H3. The normalized spacial score (nSPS) is 20.0. The number of nitrogens with two attached hydrogens (primary N) is 1. The van der Waals surface area contributed by atoms with Gasteiger partial charge in [0.15, 0.2) is 0 Å². The molecule has 1 fully saturated rings. The van der Waals surface area contributed by atoms with E-state index < -0.39 is 10.0 Å². The number of ether oxygens (including phenoxy) is 1. The minimum atomic E-state index is -3.12. The van der Waals surface area contributed by atoms with Crippen LogP contribution in [0.1, 0.15) is 13.8 Å². The van der Waals surface area contributed by atoms with E-state index in [0.29, 0.717) is 13.1 Å². The van der Waals surface area contributed by atoms with Crippen LogP contribution in [0.5, 0.6) is 0 Å². The molecule has 0 spiro atoms. The van der Waals surface area contributed by atoms with Crippen LogP contribution < -0.4 is 5.73 Å². The summed E-state index contributed by atoms with van der Waals surface area (Å²) in [5, 5.41) is 0. The van der Waals surface area contributed by atoms with Crippen LogP contribution in [0.15, 0.2) is 0 Å². The Kier molecular flexibility index (Phi) is 3.88. The smallest absolute Gasteiger partial charge is 0.216 e. The summed E-state index contributed by atoms with van der Waals surface area (Å²) >= 11 is 0. The van der Waals surface area contributed by atoms with Gasteiger partial charge in [0.05, 0.1) is 18.5 Å². The molecular weight excluding hydrogens is 204 g/mol. The van der Waals surface area contributed by atoms with Crippen molar-refractivity contribution in [3.8, 4) is 0 Å². The second kappa shape index (κ2) is 4.57. The first-order chi connectivity index (χ1) is 6.42. The van der Waals surface area contributed by atoms with Gasteiger partial charge in [-0.2, -0.15) is 4.31 Å². The fourth-order valence-corrected chi connectivity index (χ4v) is 2.62. The highest BCUT2D eigenvalue weighted by molar-refractivity contribution is 7.89. The molecule has 6 heteroatoms. The second-order valence-corrected chi connectivity index (χ2v) is 5.90. The zero-order chi connectivity index (χ0) is 10.8. The minimum absolute atomic E-state index is 0.00999. The molecule has 0 atom stereocenters. The Morgan fingerprint density at radius 1 is 1.50 bits per heavy atom. The van der Waals surface area contributed by atoms with Gasteiger partial charge in [-0.05, 0) is 13.8 Å². The summed E-state index contributed by atoms with van der Waals surface area (Å²) in [6, 6.07) is 0.00999. The Morgan fingerprint density at radius 3 is 2.50 bits per heavy atom. The SMILES string of the molecule is CC(C)OCCS(=O)(=O)N1CC(N)C1. The van der Waals surface area contributed by atoms with Crippen molar-refractivity contribution < 1.29 is 13.2 Å². The van der Waals surface area contributed by atoms with Gasteiger partial charge >= 0.3 is 0 Å². The fraction of sp³-hybridized carbons (Fsp3) is 1.00. The fourth-order valence-electron chi connectivity index (χ4n) is 1.21. The predicted octanol–water partition coefficient (Wildman–Crippen LogP) is -0.616. The van der Waals surface area contributed by atoms with E-state index in [1.807, 2.05) is 13.8 Å². The maximum Gasteiger partial charge on any atom is 0.216 e. The van der Waals surface area contributed by atoms with Gasteiger partial charge in [0, 0.05) is 19.1 Å². The highest BCUT2D eigenvalue weighted by Crippen LogP contribution is 2.12. The third kappa shape index (κ3) is 3.20. The van der Waals surface area contributed by atoms with E-state index in [0.717, 1.165) is 0 Å². The van der Waals surface area contributed by atoms with Crippen molar-refractivity contribution in [1.82, 2.24) is 4.31 Å². The van der Waals surface area contributed by atoms with Gasteiger partial charge in [0.2, 0.25) is 10.0 Å². The highest BCUT2D eigenvalue weighted by atomic mass is 32.2. The van der Waals surface area contributed by atoms with Crippen LogP contribution in [0.25, 0.3) is 0 Å². The van der Waals surface area contributed by atoms with Crippen molar-refractivity contribution >= 4 is 10.0 Å². The molecule has 0 aromatic carbocycles. The highest BCUT2D eigenvalue weighted by Gasteiger charge is 2.32. The maximum atomic E-state index is 11.5. The Hall–Kier alpha value is -0.170. The van der Waals surface area contributed by atoms with E-state index >= 15 is 0 Å². The van der Waals surface area contributed by atoms with E-state index in [4.69, 9.17) is 10.5 Å². The number of hydrogen-bond acceptors (Lipinski definition) is 4. The molecule has 0 aromatic rings. The van der Waals surface area contributed by atoms with E-state index in [9.17, 15) is 8.42 Å². The third-order valence-corrected chi connectivity index (χ3v) is 3.83. The van der Waals surface area contributed by atoms with Gasteiger partial charge in [0.25, 0.3) is 0 Å². The quantitative estimate of drug-likeness (QED) is 0.673. The first kappa shape index (κ1) is 11.9. The predicted molar refractivity (Wildman–Crippen MR) is 54.4 cm³/mol. The van der Waals surface area contributed by atoms with Gasteiger partial charge < -0.3 is 10.5 Å². The lowest BCUT2D eigenvalue weighted by molar-refractivity contribution is 0.0902. The summed E-state index contributed by atoms with van der Waals surface area (Å²) < 4.78 is 29.7. The molecule has 0 unspecified atom stereocenters. The first-order valence-corrected chi connectivity index (χ1v) is 6.38. The molecule has 0 aliphatic carbocycles. The van der Waals surface area contributed by atoms with Crippen molar-refractivity contribution in [2.75, 3.05) is 25.4 Å². The lowest BCUT2D eigenvalue weighted by Crippen LogP contribution is -2.58. The van der Waals surface area contributed by atoms with Crippen LogP contribution in [0.4, 0.5) is 0 Å². The molecule has 5 nitrogen and oxygen atoms in total.